The number of carboxylic acid groups (broad SMARTS) is 1. The molecular weight excluding hydrogens is 466 g/mol. The fourth-order valence-corrected chi connectivity index (χ4v) is 8.06. The molecule has 0 bridgehead atoms. The molecule has 8 nitrogen and oxygen atoms in total. The molecule has 0 aromatic carbocycles. The van der Waals surface area contributed by atoms with Crippen LogP contribution < -0.4 is 10.7 Å². The minimum absolute atomic E-state index is 0.0648. The van der Waals surface area contributed by atoms with Gasteiger partial charge in [0.2, 0.25) is 0 Å². The first-order chi connectivity index (χ1) is 17.8. The molecule has 3 saturated heterocycles. The van der Waals surface area contributed by atoms with Gasteiger partial charge in [-0.15, -0.1) is 0 Å². The van der Waals surface area contributed by atoms with Crippen molar-refractivity contribution in [2.24, 2.45) is 11.8 Å². The predicted octanol–water partition coefficient (Wildman–Crippen LogP) is 2.93. The Labute approximate surface area is 224 Å². The molecule has 37 heavy (non-hydrogen) atoms. The van der Waals surface area contributed by atoms with E-state index in [0.29, 0.717) is 23.9 Å². The summed E-state index contributed by atoms with van der Waals surface area (Å²) in [5.41, 5.74) is 2.71. The minimum Gasteiger partial charge on any atom is -0.479 e. The largest absolute Gasteiger partial charge is 0.479 e. The van der Waals surface area contributed by atoms with Crippen LogP contribution in [-0.2, 0) is 9.53 Å². The third kappa shape index (κ3) is 6.52. The lowest BCUT2D eigenvalue weighted by Crippen LogP contribution is -2.66. The lowest BCUT2D eigenvalue weighted by atomic mass is 9.70. The lowest BCUT2D eigenvalue weighted by Gasteiger charge is -2.53. The Hall–Kier alpha value is -0.770. The van der Waals surface area contributed by atoms with Crippen LogP contribution in [0.1, 0.15) is 85.0 Å². The van der Waals surface area contributed by atoms with Crippen molar-refractivity contribution in [1.82, 2.24) is 25.6 Å². The van der Waals surface area contributed by atoms with Crippen molar-refractivity contribution in [3.63, 3.8) is 0 Å². The number of piperidine rings is 1. The van der Waals surface area contributed by atoms with E-state index in [4.69, 9.17) is 4.74 Å². The van der Waals surface area contributed by atoms with E-state index in [9.17, 15) is 9.90 Å². The number of carboxylic acids is 1. The van der Waals surface area contributed by atoms with E-state index < -0.39 is 11.6 Å². The second kappa shape index (κ2) is 12.2. The van der Waals surface area contributed by atoms with Gasteiger partial charge in [-0.2, -0.15) is 0 Å². The number of fused-ring (bicyclic) bond motifs is 1. The number of nitrogens with zero attached hydrogens (tertiary/aromatic N) is 3. The highest BCUT2D eigenvalue weighted by Gasteiger charge is 2.49. The number of nitrogens with one attached hydrogen (secondary N) is 2. The van der Waals surface area contributed by atoms with Crippen molar-refractivity contribution in [2.75, 3.05) is 45.8 Å². The minimum atomic E-state index is -1.17. The van der Waals surface area contributed by atoms with Crippen LogP contribution in [0, 0.1) is 11.8 Å². The first kappa shape index (κ1) is 27.8. The molecular formula is C29H53N5O3. The fourth-order valence-electron chi connectivity index (χ4n) is 8.06. The molecule has 6 atom stereocenters. The highest BCUT2D eigenvalue weighted by molar-refractivity contribution is 5.76. The zero-order valence-electron chi connectivity index (χ0n) is 23.7. The number of rotatable bonds is 7. The van der Waals surface area contributed by atoms with E-state index in [1.165, 1.54) is 57.9 Å². The van der Waals surface area contributed by atoms with Gasteiger partial charge in [-0.05, 0) is 90.3 Å². The van der Waals surface area contributed by atoms with Crippen molar-refractivity contribution in [2.45, 2.75) is 121 Å². The van der Waals surface area contributed by atoms with Crippen molar-refractivity contribution >= 4 is 5.97 Å². The van der Waals surface area contributed by atoms with Gasteiger partial charge in [0, 0.05) is 44.3 Å². The van der Waals surface area contributed by atoms with Gasteiger partial charge in [-0.1, -0.05) is 26.2 Å². The molecule has 6 unspecified atom stereocenters. The van der Waals surface area contributed by atoms with E-state index >= 15 is 0 Å². The van der Waals surface area contributed by atoms with Crippen LogP contribution in [-0.4, -0.2) is 108 Å². The zero-order valence-corrected chi connectivity index (χ0v) is 23.7. The Balaban J connectivity index is 1.22. The number of ether oxygens (including phenoxy) is 1. The molecule has 3 aliphatic heterocycles. The molecule has 2 aliphatic carbocycles. The molecule has 2 saturated carbocycles. The summed E-state index contributed by atoms with van der Waals surface area (Å²) in [6, 6.07) is 1.94. The SMILES string of the molecule is CC1CC2CCCNC2C(N2CCCN(CC3CCN(C4CCCCC4)N3)CC2)C1OC(C)(C)C(=O)O. The standard InChI is InChI=1S/C29H53N5O3/c1-21-19-22-9-7-13-30-25(22)26(27(21)37-29(2,3)28(35)36)33-15-8-14-32(17-18-33)20-23-12-16-34(31-23)24-10-5-4-6-11-24/h21-27,30-31H,4-20H2,1-3H3,(H,35,36). The summed E-state index contributed by atoms with van der Waals surface area (Å²) in [7, 11) is 0. The van der Waals surface area contributed by atoms with Gasteiger partial charge < -0.3 is 20.1 Å². The van der Waals surface area contributed by atoms with Gasteiger partial charge in [0.05, 0.1) is 12.1 Å². The maximum atomic E-state index is 12.0. The predicted molar refractivity (Wildman–Crippen MR) is 146 cm³/mol. The van der Waals surface area contributed by atoms with Crippen molar-refractivity contribution < 1.29 is 14.6 Å². The quantitative estimate of drug-likeness (QED) is 0.474. The Morgan fingerprint density at radius 2 is 1.78 bits per heavy atom. The maximum Gasteiger partial charge on any atom is 0.335 e. The lowest BCUT2D eigenvalue weighted by molar-refractivity contribution is -0.187. The second-order valence-electron chi connectivity index (χ2n) is 13.3. The molecule has 5 aliphatic rings. The summed E-state index contributed by atoms with van der Waals surface area (Å²) >= 11 is 0. The number of aliphatic carboxylic acids is 1. The fraction of sp³-hybridized carbons (Fsp3) is 0.966. The highest BCUT2D eigenvalue weighted by Crippen LogP contribution is 2.40. The smallest absolute Gasteiger partial charge is 0.335 e. The maximum absolute atomic E-state index is 12.0. The Morgan fingerprint density at radius 3 is 2.57 bits per heavy atom. The molecule has 0 aromatic heterocycles. The van der Waals surface area contributed by atoms with Crippen molar-refractivity contribution in [3.8, 4) is 0 Å². The summed E-state index contributed by atoms with van der Waals surface area (Å²) in [6.07, 6.45) is 12.9. The Bertz CT molecular complexity index is 760. The van der Waals surface area contributed by atoms with Crippen LogP contribution in [0.25, 0.3) is 0 Å². The van der Waals surface area contributed by atoms with Gasteiger partial charge in [0.25, 0.3) is 0 Å². The molecule has 0 spiro atoms. The molecule has 3 heterocycles. The zero-order chi connectivity index (χ0) is 26.0. The van der Waals surface area contributed by atoms with E-state index in [1.807, 2.05) is 0 Å². The van der Waals surface area contributed by atoms with Crippen LogP contribution in [0.2, 0.25) is 0 Å². The van der Waals surface area contributed by atoms with Gasteiger partial charge in [-0.25, -0.2) is 9.80 Å². The molecule has 8 heteroatoms. The summed E-state index contributed by atoms with van der Waals surface area (Å²) in [4.78, 5) is 17.3. The Morgan fingerprint density at radius 1 is 0.973 bits per heavy atom. The number of hydrogen-bond acceptors (Lipinski definition) is 7. The summed E-state index contributed by atoms with van der Waals surface area (Å²) in [6.45, 7) is 13.4. The number of hydrogen-bond donors (Lipinski definition) is 3. The summed E-state index contributed by atoms with van der Waals surface area (Å²) < 4.78 is 6.50. The number of hydrazine groups is 1. The average Bonchev–Trinajstić information content (AvgIpc) is 3.23. The molecule has 5 rings (SSSR count). The monoisotopic (exact) mass is 519 g/mol. The van der Waals surface area contributed by atoms with E-state index in [-0.39, 0.29) is 12.1 Å². The first-order valence-corrected chi connectivity index (χ1v) is 15.5. The van der Waals surface area contributed by atoms with E-state index in [1.54, 1.807) is 13.8 Å². The van der Waals surface area contributed by atoms with Gasteiger partial charge >= 0.3 is 5.97 Å². The molecule has 212 valence electrons. The molecule has 0 amide bonds. The third-order valence-electron chi connectivity index (χ3n) is 10.1. The molecule has 3 N–H and O–H groups in total. The Kier molecular flexibility index (Phi) is 9.14. The second-order valence-corrected chi connectivity index (χ2v) is 13.3. The molecule has 0 aromatic rings. The van der Waals surface area contributed by atoms with Crippen LogP contribution >= 0.6 is 0 Å². The van der Waals surface area contributed by atoms with Gasteiger partial charge in [0.1, 0.15) is 0 Å². The summed E-state index contributed by atoms with van der Waals surface area (Å²) in [5.74, 6) is 0.150. The van der Waals surface area contributed by atoms with Crippen LogP contribution in [0.5, 0.6) is 0 Å². The van der Waals surface area contributed by atoms with Crippen molar-refractivity contribution in [3.05, 3.63) is 0 Å². The van der Waals surface area contributed by atoms with Crippen LogP contribution in [0.15, 0.2) is 0 Å². The topological polar surface area (TPSA) is 80.3 Å². The van der Waals surface area contributed by atoms with Crippen LogP contribution in [0.4, 0.5) is 0 Å². The first-order valence-electron chi connectivity index (χ1n) is 15.5. The van der Waals surface area contributed by atoms with Gasteiger partial charge in [-0.3, -0.25) is 10.3 Å². The van der Waals surface area contributed by atoms with E-state index in [0.717, 1.165) is 58.2 Å². The molecule has 5 fully saturated rings. The third-order valence-corrected chi connectivity index (χ3v) is 10.1. The molecule has 0 radical (unpaired) electrons. The summed E-state index contributed by atoms with van der Waals surface area (Å²) in [5, 5.41) is 16.3. The average molecular weight is 520 g/mol. The van der Waals surface area contributed by atoms with E-state index in [2.05, 4.69) is 32.5 Å². The van der Waals surface area contributed by atoms with Crippen LogP contribution in [0.3, 0.4) is 0 Å². The van der Waals surface area contributed by atoms with Crippen molar-refractivity contribution in [1.29, 1.82) is 0 Å². The highest BCUT2D eigenvalue weighted by atomic mass is 16.5. The van der Waals surface area contributed by atoms with Gasteiger partial charge in [0.15, 0.2) is 5.60 Å². The normalized spacial score (nSPS) is 37.8. The number of carbonyl (C=O) groups is 1.